The monoisotopic (exact) mass is 251 g/mol. The van der Waals surface area contributed by atoms with Crippen LogP contribution in [-0.2, 0) is 4.79 Å². The van der Waals surface area contributed by atoms with E-state index in [2.05, 4.69) is 4.98 Å². The molecule has 0 spiro atoms. The Morgan fingerprint density at radius 2 is 2.39 bits per heavy atom. The topological polar surface area (TPSA) is 96.6 Å². The summed E-state index contributed by atoms with van der Waals surface area (Å²) in [4.78, 5) is 26.9. The van der Waals surface area contributed by atoms with Crippen LogP contribution >= 0.6 is 0 Å². The highest BCUT2D eigenvalue weighted by atomic mass is 16.6. The summed E-state index contributed by atoms with van der Waals surface area (Å²) in [5.41, 5.74) is 0.436. The highest BCUT2D eigenvalue weighted by molar-refractivity contribution is 5.78. The summed E-state index contributed by atoms with van der Waals surface area (Å²) < 4.78 is 0. The Bertz CT molecular complexity index is 503. The Kier molecular flexibility index (Phi) is 3.14. The molecule has 2 rings (SSSR count). The molecule has 0 aromatic carbocycles. The zero-order chi connectivity index (χ0) is 13.3. The highest BCUT2D eigenvalue weighted by Crippen LogP contribution is 2.27. The predicted molar refractivity (Wildman–Crippen MR) is 63.6 cm³/mol. The van der Waals surface area contributed by atoms with Crippen molar-refractivity contribution in [3.05, 3.63) is 27.9 Å². The molecule has 7 nitrogen and oxygen atoms in total. The molecule has 1 atom stereocenters. The maximum Gasteiger partial charge on any atom is 0.326 e. The number of rotatable bonds is 3. The quantitative estimate of drug-likeness (QED) is 0.643. The van der Waals surface area contributed by atoms with Gasteiger partial charge in [0.2, 0.25) is 0 Å². The molecule has 1 saturated heterocycles. The molecular formula is C11H13N3O4. The largest absolute Gasteiger partial charge is 0.480 e. The van der Waals surface area contributed by atoms with Gasteiger partial charge in [0, 0.05) is 12.1 Å². The number of hydrogen-bond donors (Lipinski definition) is 1. The van der Waals surface area contributed by atoms with Gasteiger partial charge in [-0.3, -0.25) is 10.1 Å². The lowest BCUT2D eigenvalue weighted by atomic mass is 10.2. The maximum atomic E-state index is 11.1. The van der Waals surface area contributed by atoms with Gasteiger partial charge in [-0.05, 0) is 25.8 Å². The molecule has 0 amide bonds. The van der Waals surface area contributed by atoms with Crippen LogP contribution in [0.5, 0.6) is 0 Å². The van der Waals surface area contributed by atoms with Gasteiger partial charge in [-0.1, -0.05) is 0 Å². The molecule has 1 N–H and O–H groups in total. The smallest absolute Gasteiger partial charge is 0.326 e. The van der Waals surface area contributed by atoms with Gasteiger partial charge in [-0.25, -0.2) is 9.78 Å². The van der Waals surface area contributed by atoms with Gasteiger partial charge in [0.25, 0.3) is 5.69 Å². The number of aryl methyl sites for hydroxylation is 1. The summed E-state index contributed by atoms with van der Waals surface area (Å²) in [6, 6.07) is 0.984. The second kappa shape index (κ2) is 4.59. The molecule has 18 heavy (non-hydrogen) atoms. The molecule has 0 bridgehead atoms. The first kappa shape index (κ1) is 12.3. The lowest BCUT2D eigenvalue weighted by Crippen LogP contribution is -2.36. The van der Waals surface area contributed by atoms with E-state index in [1.54, 1.807) is 17.9 Å². The van der Waals surface area contributed by atoms with Crippen molar-refractivity contribution in [2.75, 3.05) is 11.4 Å². The number of carbonyl (C=O) groups is 1. The minimum atomic E-state index is -0.884. The molecule has 0 aliphatic carbocycles. The molecule has 2 heterocycles. The van der Waals surface area contributed by atoms with Crippen molar-refractivity contribution in [3.8, 4) is 0 Å². The van der Waals surface area contributed by atoms with Crippen LogP contribution < -0.4 is 4.90 Å². The van der Waals surface area contributed by atoms with E-state index in [0.717, 1.165) is 6.42 Å². The first-order chi connectivity index (χ1) is 8.50. The zero-order valence-corrected chi connectivity index (χ0v) is 9.87. The average molecular weight is 251 g/mol. The number of nitro groups is 1. The summed E-state index contributed by atoms with van der Waals surface area (Å²) in [7, 11) is 0. The summed E-state index contributed by atoms with van der Waals surface area (Å²) >= 11 is 0. The molecule has 7 heteroatoms. The van der Waals surface area contributed by atoms with Gasteiger partial charge in [-0.15, -0.1) is 0 Å². The number of pyridine rings is 1. The molecule has 96 valence electrons. The molecule has 1 aromatic heterocycles. The molecule has 0 radical (unpaired) electrons. The fraction of sp³-hybridized carbons (Fsp3) is 0.455. The van der Waals surface area contributed by atoms with Gasteiger partial charge in [0.15, 0.2) is 0 Å². The number of anilines is 1. The number of aromatic nitrogens is 1. The summed E-state index contributed by atoms with van der Waals surface area (Å²) in [6.07, 6.45) is 2.55. The second-order valence-corrected chi connectivity index (χ2v) is 4.28. The van der Waals surface area contributed by atoms with Crippen LogP contribution in [0.4, 0.5) is 11.5 Å². The Morgan fingerprint density at radius 1 is 1.67 bits per heavy atom. The Hall–Kier alpha value is -2.18. The fourth-order valence-corrected chi connectivity index (χ4v) is 2.18. The summed E-state index contributed by atoms with van der Waals surface area (Å²) in [5.74, 6) is -0.395. The van der Waals surface area contributed by atoms with Crippen molar-refractivity contribution in [1.82, 2.24) is 4.98 Å². The van der Waals surface area contributed by atoms with Crippen LogP contribution in [0.1, 0.15) is 18.4 Å². The third kappa shape index (κ3) is 2.11. The minimum absolute atomic E-state index is 0.0511. The molecule has 1 fully saturated rings. The van der Waals surface area contributed by atoms with Crippen LogP contribution in [0.25, 0.3) is 0 Å². The number of hydrogen-bond acceptors (Lipinski definition) is 5. The number of aliphatic carboxylic acids is 1. The lowest BCUT2D eigenvalue weighted by Gasteiger charge is -2.22. The van der Waals surface area contributed by atoms with E-state index in [4.69, 9.17) is 5.11 Å². The van der Waals surface area contributed by atoms with Gasteiger partial charge in [0.1, 0.15) is 18.1 Å². The van der Waals surface area contributed by atoms with Gasteiger partial charge < -0.3 is 10.0 Å². The second-order valence-electron chi connectivity index (χ2n) is 4.28. The van der Waals surface area contributed by atoms with Crippen LogP contribution in [0.3, 0.4) is 0 Å². The van der Waals surface area contributed by atoms with Crippen molar-refractivity contribution in [3.63, 3.8) is 0 Å². The SMILES string of the molecule is Cc1cc(N2CCC[C@@H]2C(=O)O)ncc1[N+](=O)[O-]. The number of carboxylic acid groups (broad SMARTS) is 1. The molecular weight excluding hydrogens is 238 g/mol. The molecule has 0 saturated carbocycles. The summed E-state index contributed by atoms with van der Waals surface area (Å²) in [5, 5.41) is 19.8. The van der Waals surface area contributed by atoms with Crippen molar-refractivity contribution in [2.24, 2.45) is 0 Å². The van der Waals surface area contributed by atoms with Crippen molar-refractivity contribution in [2.45, 2.75) is 25.8 Å². The van der Waals surface area contributed by atoms with E-state index in [9.17, 15) is 14.9 Å². The van der Waals surface area contributed by atoms with Gasteiger partial charge in [0.05, 0.1) is 4.92 Å². The highest BCUT2D eigenvalue weighted by Gasteiger charge is 2.31. The van der Waals surface area contributed by atoms with E-state index in [-0.39, 0.29) is 5.69 Å². The van der Waals surface area contributed by atoms with Crippen LogP contribution in [0.2, 0.25) is 0 Å². The first-order valence-corrected chi connectivity index (χ1v) is 5.61. The molecule has 1 aromatic rings. The van der Waals surface area contributed by atoms with E-state index >= 15 is 0 Å². The maximum absolute atomic E-state index is 11.1. The standard InChI is InChI=1S/C11H13N3O4/c1-7-5-10(12-6-9(7)14(17)18)13-4-2-3-8(13)11(15)16/h5-6,8H,2-4H2,1H3,(H,15,16)/t8-/m1/s1. The van der Waals surface area contributed by atoms with E-state index < -0.39 is 16.9 Å². The van der Waals surface area contributed by atoms with E-state index in [0.29, 0.717) is 24.3 Å². The number of carboxylic acids is 1. The normalized spacial score (nSPS) is 18.9. The van der Waals surface area contributed by atoms with E-state index in [1.807, 2.05) is 0 Å². The Balaban J connectivity index is 2.32. The fourth-order valence-electron chi connectivity index (χ4n) is 2.18. The van der Waals surface area contributed by atoms with Crippen molar-refractivity contribution in [1.29, 1.82) is 0 Å². The predicted octanol–water partition coefficient (Wildman–Crippen LogP) is 1.35. The lowest BCUT2D eigenvalue weighted by molar-refractivity contribution is -0.385. The third-order valence-corrected chi connectivity index (χ3v) is 3.10. The minimum Gasteiger partial charge on any atom is -0.480 e. The molecule has 1 aliphatic heterocycles. The van der Waals surface area contributed by atoms with Gasteiger partial charge in [-0.2, -0.15) is 0 Å². The van der Waals surface area contributed by atoms with Crippen molar-refractivity contribution < 1.29 is 14.8 Å². The van der Waals surface area contributed by atoms with Crippen LogP contribution in [-0.4, -0.2) is 33.6 Å². The zero-order valence-electron chi connectivity index (χ0n) is 9.87. The molecule has 0 unspecified atom stereocenters. The molecule has 1 aliphatic rings. The average Bonchev–Trinajstić information content (AvgIpc) is 2.77. The Labute approximate surface area is 103 Å². The number of nitrogens with zero attached hydrogens (tertiary/aromatic N) is 3. The van der Waals surface area contributed by atoms with E-state index in [1.165, 1.54) is 6.20 Å². The third-order valence-electron chi connectivity index (χ3n) is 3.10. The van der Waals surface area contributed by atoms with Crippen molar-refractivity contribution >= 4 is 17.5 Å². The Morgan fingerprint density at radius 3 is 2.94 bits per heavy atom. The van der Waals surface area contributed by atoms with Gasteiger partial charge >= 0.3 is 5.97 Å². The van der Waals surface area contributed by atoms with Crippen LogP contribution in [0, 0.1) is 17.0 Å². The van der Waals surface area contributed by atoms with Crippen LogP contribution in [0.15, 0.2) is 12.3 Å². The summed E-state index contributed by atoms with van der Waals surface area (Å²) in [6.45, 7) is 2.23. The first-order valence-electron chi connectivity index (χ1n) is 5.61.